The minimum Gasteiger partial charge on any atom is -0.397 e. The van der Waals surface area contributed by atoms with Gasteiger partial charge in [-0.05, 0) is 43.3 Å². The van der Waals surface area contributed by atoms with E-state index in [-0.39, 0.29) is 11.6 Å². The molecule has 4 aromatic rings. The zero-order chi connectivity index (χ0) is 22.5. The van der Waals surface area contributed by atoms with Gasteiger partial charge in [-0.3, -0.25) is 9.78 Å². The Morgan fingerprint density at radius 3 is 2.75 bits per heavy atom. The Morgan fingerprint density at radius 1 is 1.16 bits per heavy atom. The predicted molar refractivity (Wildman–Crippen MR) is 119 cm³/mol. The molecule has 162 valence electrons. The number of nitrogens with two attached hydrogens (primary N) is 1. The van der Waals surface area contributed by atoms with E-state index in [1.165, 1.54) is 30.1 Å². The third kappa shape index (κ3) is 5.38. The van der Waals surface area contributed by atoms with Gasteiger partial charge < -0.3 is 20.9 Å². The lowest BCUT2D eigenvalue weighted by atomic mass is 10.2. The number of carbonyl (C=O) groups is 1. The van der Waals surface area contributed by atoms with Crippen LogP contribution in [0.3, 0.4) is 0 Å². The first-order chi connectivity index (χ1) is 15.5. The van der Waals surface area contributed by atoms with E-state index < -0.39 is 5.82 Å². The van der Waals surface area contributed by atoms with Crippen molar-refractivity contribution in [3.8, 4) is 0 Å². The first-order valence-electron chi connectivity index (χ1n) is 9.44. The van der Waals surface area contributed by atoms with Gasteiger partial charge in [0.15, 0.2) is 11.0 Å². The molecule has 0 saturated carbocycles. The largest absolute Gasteiger partial charge is 0.397 e. The van der Waals surface area contributed by atoms with Crippen molar-refractivity contribution in [3.05, 3.63) is 77.7 Å². The highest BCUT2D eigenvalue weighted by molar-refractivity contribution is 7.98. The van der Waals surface area contributed by atoms with Gasteiger partial charge in [-0.1, -0.05) is 16.9 Å². The molecule has 0 radical (unpaired) electrons. The van der Waals surface area contributed by atoms with Gasteiger partial charge in [0.1, 0.15) is 17.4 Å². The van der Waals surface area contributed by atoms with Crippen molar-refractivity contribution in [2.45, 2.75) is 17.8 Å². The Labute approximate surface area is 186 Å². The fourth-order valence-electron chi connectivity index (χ4n) is 2.66. The number of aromatic nitrogens is 4. The van der Waals surface area contributed by atoms with Crippen LogP contribution in [0.5, 0.6) is 0 Å². The highest BCUT2D eigenvalue weighted by Gasteiger charge is 2.10. The number of thioether (sulfide) groups is 1. The molecule has 0 spiro atoms. The topological polar surface area (TPSA) is 132 Å². The van der Waals surface area contributed by atoms with Gasteiger partial charge in [0.2, 0.25) is 0 Å². The SMILES string of the molecule is Cc1cc(Nc2ccnc(SCc3ccc(C(=O)Nc4ccc(F)cc4N)cn3)n2)no1. The number of rotatable bonds is 7. The standard InChI is InChI=1S/C21H18FN7O2S/c1-12-8-19(29-31-12)27-18-6-7-24-21(28-18)32-11-15-4-2-13(10-25-15)20(30)26-17-5-3-14(22)9-16(17)23/h2-10H,11,23H2,1H3,(H,26,30)(H,24,27,28,29). The number of nitrogen functional groups attached to an aromatic ring is 1. The number of carbonyl (C=O) groups excluding carboxylic acids is 1. The Hall–Kier alpha value is -3.99. The van der Waals surface area contributed by atoms with Gasteiger partial charge in [0.25, 0.3) is 5.91 Å². The third-order valence-corrected chi connectivity index (χ3v) is 5.11. The van der Waals surface area contributed by atoms with Crippen LogP contribution in [0.4, 0.5) is 27.4 Å². The maximum Gasteiger partial charge on any atom is 0.257 e. The van der Waals surface area contributed by atoms with Crippen molar-refractivity contribution in [1.29, 1.82) is 0 Å². The Bertz CT molecular complexity index is 1250. The molecule has 0 aliphatic rings. The molecule has 1 aromatic carbocycles. The quantitative estimate of drug-likeness (QED) is 0.215. The molecule has 0 atom stereocenters. The van der Waals surface area contributed by atoms with Crippen LogP contribution in [-0.2, 0) is 5.75 Å². The van der Waals surface area contributed by atoms with Gasteiger partial charge >= 0.3 is 0 Å². The number of benzene rings is 1. The van der Waals surface area contributed by atoms with Crippen LogP contribution in [0, 0.1) is 12.7 Å². The summed E-state index contributed by atoms with van der Waals surface area (Å²) in [5.41, 5.74) is 7.31. The van der Waals surface area contributed by atoms with E-state index in [1.54, 1.807) is 37.4 Å². The van der Waals surface area contributed by atoms with Crippen molar-refractivity contribution in [3.63, 3.8) is 0 Å². The van der Waals surface area contributed by atoms with Gasteiger partial charge in [-0.15, -0.1) is 0 Å². The Morgan fingerprint density at radius 2 is 2.03 bits per heavy atom. The van der Waals surface area contributed by atoms with E-state index in [0.717, 1.165) is 11.8 Å². The number of nitrogens with one attached hydrogen (secondary N) is 2. The average molecular weight is 451 g/mol. The molecule has 4 N–H and O–H groups in total. The normalized spacial score (nSPS) is 10.7. The highest BCUT2D eigenvalue weighted by Crippen LogP contribution is 2.22. The molecule has 4 rings (SSSR count). The van der Waals surface area contributed by atoms with Crippen LogP contribution in [-0.4, -0.2) is 26.0 Å². The van der Waals surface area contributed by atoms with Crippen LogP contribution in [0.25, 0.3) is 0 Å². The number of hydrogen-bond donors (Lipinski definition) is 3. The minimum absolute atomic E-state index is 0.148. The second kappa shape index (κ2) is 9.43. The smallest absolute Gasteiger partial charge is 0.257 e. The first-order valence-corrected chi connectivity index (χ1v) is 10.4. The lowest BCUT2D eigenvalue weighted by Gasteiger charge is -2.08. The van der Waals surface area contributed by atoms with Crippen molar-refractivity contribution in [2.24, 2.45) is 0 Å². The van der Waals surface area contributed by atoms with Gasteiger partial charge in [-0.25, -0.2) is 14.4 Å². The fourth-order valence-corrected chi connectivity index (χ4v) is 3.41. The minimum atomic E-state index is -0.470. The van der Waals surface area contributed by atoms with E-state index in [2.05, 4.69) is 30.7 Å². The van der Waals surface area contributed by atoms with Crippen molar-refractivity contribution in [1.82, 2.24) is 20.1 Å². The molecular weight excluding hydrogens is 433 g/mol. The van der Waals surface area contributed by atoms with E-state index in [4.69, 9.17) is 10.3 Å². The molecule has 9 nitrogen and oxygen atoms in total. The number of pyridine rings is 1. The van der Waals surface area contributed by atoms with E-state index in [0.29, 0.717) is 39.6 Å². The predicted octanol–water partition coefficient (Wildman–Crippen LogP) is 4.18. The molecule has 0 fully saturated rings. The monoisotopic (exact) mass is 451 g/mol. The molecule has 11 heteroatoms. The van der Waals surface area contributed by atoms with Crippen molar-refractivity contribution in [2.75, 3.05) is 16.4 Å². The number of anilines is 4. The summed E-state index contributed by atoms with van der Waals surface area (Å²) >= 11 is 1.40. The second-order valence-corrected chi connectivity index (χ2v) is 7.63. The number of aryl methyl sites for hydroxylation is 1. The Balaban J connectivity index is 1.34. The third-order valence-electron chi connectivity index (χ3n) is 4.22. The maximum absolute atomic E-state index is 13.1. The molecule has 3 aromatic heterocycles. The van der Waals surface area contributed by atoms with Crippen LogP contribution >= 0.6 is 11.8 Å². The molecule has 1 amide bonds. The summed E-state index contributed by atoms with van der Waals surface area (Å²) in [7, 11) is 0. The zero-order valence-corrected chi connectivity index (χ0v) is 17.7. The number of halogens is 1. The summed E-state index contributed by atoms with van der Waals surface area (Å²) in [6.07, 6.45) is 3.11. The lowest BCUT2D eigenvalue weighted by Crippen LogP contribution is -2.13. The molecule has 3 heterocycles. The summed E-state index contributed by atoms with van der Waals surface area (Å²) < 4.78 is 18.2. The zero-order valence-electron chi connectivity index (χ0n) is 16.9. The fraction of sp³-hybridized carbons (Fsp3) is 0.0952. The summed E-state index contributed by atoms with van der Waals surface area (Å²) in [6, 6.07) is 10.7. The molecule has 0 bridgehead atoms. The van der Waals surface area contributed by atoms with Crippen LogP contribution in [0.2, 0.25) is 0 Å². The van der Waals surface area contributed by atoms with E-state index >= 15 is 0 Å². The number of nitrogens with zero attached hydrogens (tertiary/aromatic N) is 4. The molecule has 0 saturated heterocycles. The first kappa shape index (κ1) is 21.2. The molecule has 0 unspecified atom stereocenters. The molecule has 32 heavy (non-hydrogen) atoms. The van der Waals surface area contributed by atoms with E-state index in [9.17, 15) is 9.18 Å². The Kier molecular flexibility index (Phi) is 6.26. The summed E-state index contributed by atoms with van der Waals surface area (Å²) in [6.45, 7) is 1.81. The molecular formula is C21H18FN7O2S. The highest BCUT2D eigenvalue weighted by atomic mass is 32.2. The average Bonchev–Trinajstić information content (AvgIpc) is 3.19. The molecule has 0 aliphatic carbocycles. The van der Waals surface area contributed by atoms with Gasteiger partial charge in [0.05, 0.1) is 22.6 Å². The maximum atomic E-state index is 13.1. The number of hydrogen-bond acceptors (Lipinski definition) is 9. The summed E-state index contributed by atoms with van der Waals surface area (Å²) in [4.78, 5) is 25.4. The second-order valence-electron chi connectivity index (χ2n) is 6.68. The van der Waals surface area contributed by atoms with Crippen molar-refractivity contribution < 1.29 is 13.7 Å². The van der Waals surface area contributed by atoms with Crippen LogP contribution in [0.1, 0.15) is 21.8 Å². The molecule has 0 aliphatic heterocycles. The number of amides is 1. The van der Waals surface area contributed by atoms with Gasteiger partial charge in [-0.2, -0.15) is 0 Å². The summed E-state index contributed by atoms with van der Waals surface area (Å²) in [5, 5.41) is 10.1. The summed E-state index contributed by atoms with van der Waals surface area (Å²) in [5.74, 6) is 1.51. The lowest BCUT2D eigenvalue weighted by molar-refractivity contribution is 0.102. The van der Waals surface area contributed by atoms with Crippen LogP contribution < -0.4 is 16.4 Å². The van der Waals surface area contributed by atoms with Crippen LogP contribution in [0.15, 0.2) is 64.5 Å². The van der Waals surface area contributed by atoms with Gasteiger partial charge in [0, 0.05) is 24.2 Å². The van der Waals surface area contributed by atoms with E-state index in [1.807, 2.05) is 0 Å². The van der Waals surface area contributed by atoms with Crippen molar-refractivity contribution >= 4 is 40.7 Å².